The lowest BCUT2D eigenvalue weighted by Gasteiger charge is -2.11. The molecule has 0 saturated heterocycles. The smallest absolute Gasteiger partial charge is 0.129 e. The van der Waals surface area contributed by atoms with E-state index in [1.165, 1.54) is 12.1 Å². The summed E-state index contributed by atoms with van der Waals surface area (Å²) in [6.45, 7) is 5.31. The molecule has 0 bridgehead atoms. The quantitative estimate of drug-likeness (QED) is 0.729. The van der Waals surface area contributed by atoms with Gasteiger partial charge in [-0.1, -0.05) is 23.7 Å². The summed E-state index contributed by atoms with van der Waals surface area (Å²) in [5, 5.41) is 0.382. The molecule has 13 heavy (non-hydrogen) atoms. The predicted octanol–water partition coefficient (Wildman–Crippen LogP) is 2.97. The van der Waals surface area contributed by atoms with Crippen molar-refractivity contribution in [2.24, 2.45) is 5.73 Å². The van der Waals surface area contributed by atoms with Crippen LogP contribution in [0.2, 0.25) is 5.02 Å². The maximum atomic E-state index is 13.3. The lowest BCUT2D eigenvalue weighted by molar-refractivity contribution is 0.602. The lowest BCUT2D eigenvalue weighted by atomic mass is 10.0. The molecule has 0 spiro atoms. The van der Waals surface area contributed by atoms with E-state index in [4.69, 9.17) is 17.3 Å². The monoisotopic (exact) mass is 199 g/mol. The lowest BCUT2D eigenvalue weighted by Crippen LogP contribution is -2.10. The van der Waals surface area contributed by atoms with Crippen LogP contribution in [0, 0.1) is 12.7 Å². The van der Waals surface area contributed by atoms with Gasteiger partial charge in [-0.05, 0) is 18.6 Å². The van der Waals surface area contributed by atoms with Crippen LogP contribution in [0.4, 0.5) is 4.39 Å². The van der Waals surface area contributed by atoms with E-state index in [2.05, 4.69) is 6.58 Å². The van der Waals surface area contributed by atoms with E-state index in [1.54, 1.807) is 13.0 Å². The summed E-state index contributed by atoms with van der Waals surface area (Å²) in [5.74, 6) is -0.386. The van der Waals surface area contributed by atoms with Gasteiger partial charge >= 0.3 is 0 Å². The molecular weight excluding hydrogens is 189 g/mol. The minimum atomic E-state index is -0.549. The van der Waals surface area contributed by atoms with Crippen molar-refractivity contribution in [3.8, 4) is 0 Å². The van der Waals surface area contributed by atoms with E-state index in [-0.39, 0.29) is 5.82 Å². The Hall–Kier alpha value is -0.860. The first-order valence-corrected chi connectivity index (χ1v) is 4.28. The number of hydrogen-bond acceptors (Lipinski definition) is 1. The number of aryl methyl sites for hydroxylation is 1. The first kappa shape index (κ1) is 10.2. The average Bonchev–Trinajstić information content (AvgIpc) is 2.12. The Morgan fingerprint density at radius 3 is 2.77 bits per heavy atom. The summed E-state index contributed by atoms with van der Waals surface area (Å²) in [6, 6.07) is 2.43. The maximum Gasteiger partial charge on any atom is 0.129 e. The van der Waals surface area contributed by atoms with Crippen LogP contribution in [-0.4, -0.2) is 0 Å². The van der Waals surface area contributed by atoms with Gasteiger partial charge in [0.15, 0.2) is 0 Å². The van der Waals surface area contributed by atoms with Gasteiger partial charge in [0.1, 0.15) is 5.82 Å². The van der Waals surface area contributed by atoms with Crippen LogP contribution in [0.15, 0.2) is 24.8 Å². The van der Waals surface area contributed by atoms with E-state index in [1.807, 2.05) is 0 Å². The molecule has 0 saturated carbocycles. The van der Waals surface area contributed by atoms with Crippen molar-refractivity contribution in [2.75, 3.05) is 0 Å². The van der Waals surface area contributed by atoms with Gasteiger partial charge in [-0.25, -0.2) is 4.39 Å². The molecule has 1 rings (SSSR count). The van der Waals surface area contributed by atoms with E-state index < -0.39 is 6.04 Å². The van der Waals surface area contributed by atoms with Gasteiger partial charge in [0, 0.05) is 5.56 Å². The van der Waals surface area contributed by atoms with Crippen LogP contribution in [0.3, 0.4) is 0 Å². The third kappa shape index (κ3) is 1.90. The van der Waals surface area contributed by atoms with Crippen LogP contribution in [0.25, 0.3) is 0 Å². The predicted molar refractivity (Wildman–Crippen MR) is 53.3 cm³/mol. The van der Waals surface area contributed by atoms with E-state index in [9.17, 15) is 4.39 Å². The second-order valence-electron chi connectivity index (χ2n) is 2.85. The zero-order valence-corrected chi connectivity index (χ0v) is 8.11. The van der Waals surface area contributed by atoms with Gasteiger partial charge in [0.05, 0.1) is 11.1 Å². The fraction of sp³-hybridized carbons (Fsp3) is 0.200. The molecule has 3 heteroatoms. The molecule has 1 aromatic carbocycles. The molecule has 0 aliphatic rings. The molecule has 0 aliphatic heterocycles. The van der Waals surface area contributed by atoms with Crippen molar-refractivity contribution in [2.45, 2.75) is 13.0 Å². The minimum Gasteiger partial charge on any atom is -0.321 e. The zero-order valence-electron chi connectivity index (χ0n) is 7.35. The van der Waals surface area contributed by atoms with Crippen LogP contribution in [-0.2, 0) is 0 Å². The van der Waals surface area contributed by atoms with Crippen molar-refractivity contribution < 1.29 is 4.39 Å². The summed E-state index contributed by atoms with van der Waals surface area (Å²) in [5.41, 5.74) is 6.75. The largest absolute Gasteiger partial charge is 0.321 e. The Morgan fingerprint density at radius 1 is 1.62 bits per heavy atom. The molecule has 1 nitrogen and oxygen atoms in total. The van der Waals surface area contributed by atoms with Crippen LogP contribution in [0.1, 0.15) is 17.2 Å². The standard InChI is InChI=1S/C10H11ClFN/c1-3-8(13)9-7(12)5-4-6(2)10(9)11/h3-5,8H,1,13H2,2H3. The summed E-state index contributed by atoms with van der Waals surface area (Å²) >= 11 is 5.90. The molecule has 1 aromatic rings. The Morgan fingerprint density at radius 2 is 2.23 bits per heavy atom. The molecule has 70 valence electrons. The summed E-state index contributed by atoms with van der Waals surface area (Å²) in [7, 11) is 0. The molecule has 1 atom stereocenters. The Bertz CT molecular complexity index is 336. The fourth-order valence-electron chi connectivity index (χ4n) is 1.10. The molecular formula is C10H11ClFN. The van der Waals surface area contributed by atoms with Gasteiger partial charge in [-0.3, -0.25) is 0 Å². The number of nitrogens with two attached hydrogens (primary N) is 1. The summed E-state index contributed by atoms with van der Waals surface area (Å²) in [4.78, 5) is 0. The second kappa shape index (κ2) is 3.90. The number of benzene rings is 1. The normalized spacial score (nSPS) is 12.6. The molecule has 0 aromatic heterocycles. The topological polar surface area (TPSA) is 26.0 Å². The van der Waals surface area contributed by atoms with Gasteiger partial charge < -0.3 is 5.73 Å². The third-order valence-electron chi connectivity index (χ3n) is 1.91. The van der Waals surface area contributed by atoms with Crippen LogP contribution in [0.5, 0.6) is 0 Å². The number of hydrogen-bond donors (Lipinski definition) is 1. The van der Waals surface area contributed by atoms with Crippen molar-refractivity contribution in [3.63, 3.8) is 0 Å². The van der Waals surface area contributed by atoms with E-state index in [0.717, 1.165) is 5.56 Å². The highest BCUT2D eigenvalue weighted by Gasteiger charge is 2.13. The Balaban J connectivity index is 3.32. The molecule has 0 aliphatic carbocycles. The van der Waals surface area contributed by atoms with Crippen LogP contribution >= 0.6 is 11.6 Å². The SMILES string of the molecule is C=CC(N)c1c(F)ccc(C)c1Cl. The molecule has 0 heterocycles. The summed E-state index contributed by atoms with van der Waals surface area (Å²) in [6.07, 6.45) is 1.46. The van der Waals surface area contributed by atoms with Crippen molar-refractivity contribution in [1.82, 2.24) is 0 Å². The van der Waals surface area contributed by atoms with Crippen molar-refractivity contribution >= 4 is 11.6 Å². The average molecular weight is 200 g/mol. The fourth-order valence-corrected chi connectivity index (χ4v) is 1.38. The highest BCUT2D eigenvalue weighted by molar-refractivity contribution is 6.32. The highest BCUT2D eigenvalue weighted by atomic mass is 35.5. The Kier molecular flexibility index (Phi) is 3.07. The Labute approximate surface area is 82.0 Å². The van der Waals surface area contributed by atoms with Gasteiger partial charge in [-0.15, -0.1) is 6.58 Å². The van der Waals surface area contributed by atoms with Gasteiger partial charge in [0.25, 0.3) is 0 Å². The number of halogens is 2. The van der Waals surface area contributed by atoms with Crippen molar-refractivity contribution in [3.05, 3.63) is 46.8 Å². The van der Waals surface area contributed by atoms with Gasteiger partial charge in [0.2, 0.25) is 0 Å². The first-order valence-electron chi connectivity index (χ1n) is 3.90. The van der Waals surface area contributed by atoms with Crippen molar-refractivity contribution in [1.29, 1.82) is 0 Å². The molecule has 1 unspecified atom stereocenters. The van der Waals surface area contributed by atoms with E-state index in [0.29, 0.717) is 10.6 Å². The first-order chi connectivity index (χ1) is 6.07. The maximum absolute atomic E-state index is 13.3. The van der Waals surface area contributed by atoms with Gasteiger partial charge in [-0.2, -0.15) is 0 Å². The second-order valence-corrected chi connectivity index (χ2v) is 3.23. The van der Waals surface area contributed by atoms with Crippen LogP contribution < -0.4 is 5.73 Å². The highest BCUT2D eigenvalue weighted by Crippen LogP contribution is 2.28. The third-order valence-corrected chi connectivity index (χ3v) is 2.41. The molecule has 0 amide bonds. The summed E-state index contributed by atoms with van der Waals surface area (Å²) < 4.78 is 13.3. The van der Waals surface area contributed by atoms with E-state index >= 15 is 0 Å². The molecule has 0 fully saturated rings. The molecule has 0 radical (unpaired) electrons. The number of rotatable bonds is 2. The zero-order chi connectivity index (χ0) is 10.0. The minimum absolute atomic E-state index is 0.316. The molecule has 2 N–H and O–H groups in total.